The van der Waals surface area contributed by atoms with Crippen molar-refractivity contribution in [2.75, 3.05) is 13.1 Å². The summed E-state index contributed by atoms with van der Waals surface area (Å²) in [6.07, 6.45) is 9.28. The lowest BCUT2D eigenvalue weighted by Gasteiger charge is -2.31. The molecule has 5 rings (SSSR count). The number of rotatable bonds is 5. The quantitative estimate of drug-likeness (QED) is 0.500. The van der Waals surface area contributed by atoms with E-state index >= 15 is 0 Å². The molecular weight excluding hydrogens is 386 g/mol. The Labute approximate surface area is 181 Å². The molecule has 3 heterocycles. The van der Waals surface area contributed by atoms with Gasteiger partial charge in [0.25, 0.3) is 0 Å². The van der Waals surface area contributed by atoms with Crippen LogP contribution in [0.2, 0.25) is 0 Å². The third-order valence-corrected chi connectivity index (χ3v) is 5.79. The van der Waals surface area contributed by atoms with Crippen molar-refractivity contribution in [3.8, 4) is 0 Å². The summed E-state index contributed by atoms with van der Waals surface area (Å²) in [7, 11) is 0. The summed E-state index contributed by atoms with van der Waals surface area (Å²) in [5.74, 6) is 1.26. The first kappa shape index (κ1) is 19.3. The predicted octanol–water partition coefficient (Wildman–Crippen LogP) is 4.23. The average molecular weight is 412 g/mol. The SMILES string of the molecule is O=C(/C=C/c1cnn(Cc2ccccc2)c1)N1CCCC(c2nc3ccccc3[nH]2)C1. The van der Waals surface area contributed by atoms with Gasteiger partial charge in [-0.2, -0.15) is 5.10 Å². The number of likely N-dealkylation sites (tertiary alicyclic amines) is 1. The van der Waals surface area contributed by atoms with Crippen molar-refractivity contribution in [1.29, 1.82) is 0 Å². The number of hydrogen-bond donors (Lipinski definition) is 1. The summed E-state index contributed by atoms with van der Waals surface area (Å²) in [5, 5.41) is 4.40. The summed E-state index contributed by atoms with van der Waals surface area (Å²) in [6.45, 7) is 2.19. The van der Waals surface area contributed by atoms with Crippen LogP contribution in [-0.2, 0) is 11.3 Å². The van der Waals surface area contributed by atoms with Crippen molar-refractivity contribution >= 4 is 23.0 Å². The molecule has 1 saturated heterocycles. The zero-order chi connectivity index (χ0) is 21.0. The molecule has 0 aliphatic carbocycles. The van der Waals surface area contributed by atoms with Crippen molar-refractivity contribution in [1.82, 2.24) is 24.6 Å². The van der Waals surface area contributed by atoms with E-state index in [1.54, 1.807) is 12.3 Å². The fraction of sp³-hybridized carbons (Fsp3) is 0.240. The standard InChI is InChI=1S/C25H25N5O/c31-24(13-12-20-15-26-30(17-20)16-19-7-2-1-3-8-19)29-14-6-9-21(18-29)25-27-22-10-4-5-11-23(22)28-25/h1-5,7-8,10-13,15,17,21H,6,9,14,16,18H2,(H,27,28)/b13-12+. The number of H-pyrrole nitrogens is 1. The van der Waals surface area contributed by atoms with Gasteiger partial charge in [-0.15, -0.1) is 0 Å². The van der Waals surface area contributed by atoms with Gasteiger partial charge in [0.2, 0.25) is 5.91 Å². The monoisotopic (exact) mass is 411 g/mol. The number of nitrogens with zero attached hydrogens (tertiary/aromatic N) is 4. The highest BCUT2D eigenvalue weighted by atomic mass is 16.2. The number of para-hydroxylation sites is 2. The molecular formula is C25H25N5O. The van der Waals surface area contributed by atoms with Crippen LogP contribution in [0.4, 0.5) is 0 Å². The fourth-order valence-corrected chi connectivity index (χ4v) is 4.16. The summed E-state index contributed by atoms with van der Waals surface area (Å²) in [5.41, 5.74) is 4.15. The number of benzene rings is 2. The van der Waals surface area contributed by atoms with Gasteiger partial charge in [0.1, 0.15) is 5.82 Å². The molecule has 4 aromatic rings. The maximum Gasteiger partial charge on any atom is 0.246 e. The van der Waals surface area contributed by atoms with Crippen molar-refractivity contribution in [3.63, 3.8) is 0 Å². The van der Waals surface area contributed by atoms with Gasteiger partial charge < -0.3 is 9.88 Å². The molecule has 1 atom stereocenters. The molecule has 0 spiro atoms. The van der Waals surface area contributed by atoms with Gasteiger partial charge in [-0.3, -0.25) is 9.48 Å². The number of aromatic nitrogens is 4. The molecule has 1 aliphatic heterocycles. The van der Waals surface area contributed by atoms with Gasteiger partial charge in [-0.1, -0.05) is 42.5 Å². The second-order valence-electron chi connectivity index (χ2n) is 8.05. The molecule has 1 amide bonds. The van der Waals surface area contributed by atoms with E-state index in [1.165, 1.54) is 5.56 Å². The molecule has 0 saturated carbocycles. The molecule has 2 aromatic heterocycles. The number of aromatic amines is 1. The Kier molecular flexibility index (Phi) is 5.35. The molecule has 0 radical (unpaired) electrons. The van der Waals surface area contributed by atoms with E-state index < -0.39 is 0 Å². The van der Waals surface area contributed by atoms with E-state index in [2.05, 4.69) is 22.2 Å². The predicted molar refractivity (Wildman–Crippen MR) is 121 cm³/mol. The molecule has 156 valence electrons. The number of nitrogens with one attached hydrogen (secondary N) is 1. The lowest BCUT2D eigenvalue weighted by Crippen LogP contribution is -2.38. The van der Waals surface area contributed by atoms with Crippen molar-refractivity contribution in [3.05, 3.63) is 90.0 Å². The third kappa shape index (κ3) is 4.43. The molecule has 2 aromatic carbocycles. The topological polar surface area (TPSA) is 66.8 Å². The zero-order valence-electron chi connectivity index (χ0n) is 17.3. The number of piperidine rings is 1. The van der Waals surface area contributed by atoms with Gasteiger partial charge in [-0.25, -0.2) is 4.98 Å². The Morgan fingerprint density at radius 2 is 1.97 bits per heavy atom. The Bertz CT molecular complexity index is 1170. The van der Waals surface area contributed by atoms with Gasteiger partial charge in [-0.05, 0) is 36.6 Å². The smallest absolute Gasteiger partial charge is 0.246 e. The fourth-order valence-electron chi connectivity index (χ4n) is 4.16. The Morgan fingerprint density at radius 3 is 2.84 bits per heavy atom. The van der Waals surface area contributed by atoms with Crippen LogP contribution in [0.3, 0.4) is 0 Å². The second kappa shape index (κ2) is 8.60. The number of imidazole rings is 1. The Balaban J connectivity index is 1.22. The summed E-state index contributed by atoms with van der Waals surface area (Å²) in [4.78, 5) is 22.9. The van der Waals surface area contributed by atoms with E-state index in [0.717, 1.165) is 41.8 Å². The third-order valence-electron chi connectivity index (χ3n) is 5.79. The van der Waals surface area contributed by atoms with Crippen LogP contribution in [0.1, 0.15) is 35.7 Å². The van der Waals surface area contributed by atoms with E-state index in [9.17, 15) is 4.79 Å². The van der Waals surface area contributed by atoms with Crippen molar-refractivity contribution in [2.24, 2.45) is 0 Å². The minimum absolute atomic E-state index is 0.0385. The lowest BCUT2D eigenvalue weighted by molar-refractivity contribution is -0.127. The highest BCUT2D eigenvalue weighted by Crippen LogP contribution is 2.27. The van der Waals surface area contributed by atoms with Crippen LogP contribution < -0.4 is 0 Å². The van der Waals surface area contributed by atoms with Crippen LogP contribution in [0.5, 0.6) is 0 Å². The van der Waals surface area contributed by atoms with Crippen LogP contribution in [0.15, 0.2) is 73.1 Å². The first-order valence-corrected chi connectivity index (χ1v) is 10.7. The van der Waals surface area contributed by atoms with Crippen molar-refractivity contribution < 1.29 is 4.79 Å². The first-order valence-electron chi connectivity index (χ1n) is 10.7. The van der Waals surface area contributed by atoms with E-state index in [1.807, 2.05) is 64.3 Å². The molecule has 1 fully saturated rings. The zero-order valence-corrected chi connectivity index (χ0v) is 17.3. The average Bonchev–Trinajstić information content (AvgIpc) is 3.45. The minimum Gasteiger partial charge on any atom is -0.342 e. The number of carbonyl (C=O) groups is 1. The molecule has 6 nitrogen and oxygen atoms in total. The van der Waals surface area contributed by atoms with Gasteiger partial charge in [0.15, 0.2) is 0 Å². The molecule has 1 N–H and O–H groups in total. The van der Waals surface area contributed by atoms with Crippen LogP contribution in [-0.4, -0.2) is 43.6 Å². The summed E-state index contributed by atoms with van der Waals surface area (Å²) in [6, 6.07) is 18.3. The Morgan fingerprint density at radius 1 is 1.13 bits per heavy atom. The highest BCUT2D eigenvalue weighted by Gasteiger charge is 2.25. The second-order valence-corrected chi connectivity index (χ2v) is 8.05. The highest BCUT2D eigenvalue weighted by molar-refractivity contribution is 5.91. The molecule has 1 unspecified atom stereocenters. The number of carbonyl (C=O) groups excluding carboxylic acids is 1. The normalized spacial score (nSPS) is 16.9. The minimum atomic E-state index is 0.0385. The maximum atomic E-state index is 12.8. The van der Waals surface area contributed by atoms with Crippen LogP contribution in [0.25, 0.3) is 17.1 Å². The number of fused-ring (bicyclic) bond motifs is 1. The molecule has 1 aliphatic rings. The molecule has 31 heavy (non-hydrogen) atoms. The van der Waals surface area contributed by atoms with Crippen LogP contribution in [0, 0.1) is 0 Å². The van der Waals surface area contributed by atoms with E-state index in [4.69, 9.17) is 4.98 Å². The maximum absolute atomic E-state index is 12.8. The first-order chi connectivity index (χ1) is 15.2. The molecule has 0 bridgehead atoms. The van der Waals surface area contributed by atoms with Crippen molar-refractivity contribution in [2.45, 2.75) is 25.3 Å². The van der Waals surface area contributed by atoms with Gasteiger partial charge in [0, 0.05) is 36.8 Å². The number of hydrogen-bond acceptors (Lipinski definition) is 3. The molecule has 6 heteroatoms. The number of amides is 1. The van der Waals surface area contributed by atoms with E-state index in [-0.39, 0.29) is 11.8 Å². The van der Waals surface area contributed by atoms with Crippen LogP contribution >= 0.6 is 0 Å². The Hall–Kier alpha value is -3.67. The summed E-state index contributed by atoms with van der Waals surface area (Å²) < 4.78 is 1.89. The van der Waals surface area contributed by atoms with Gasteiger partial charge in [0.05, 0.1) is 23.8 Å². The largest absolute Gasteiger partial charge is 0.342 e. The lowest BCUT2D eigenvalue weighted by atomic mass is 9.97. The van der Waals surface area contributed by atoms with E-state index in [0.29, 0.717) is 13.1 Å². The summed E-state index contributed by atoms with van der Waals surface area (Å²) >= 11 is 0. The van der Waals surface area contributed by atoms with Gasteiger partial charge >= 0.3 is 0 Å².